The summed E-state index contributed by atoms with van der Waals surface area (Å²) in [5.41, 5.74) is 12.3. The van der Waals surface area contributed by atoms with Gasteiger partial charge in [0.05, 0.1) is 0 Å². The highest BCUT2D eigenvalue weighted by Crippen LogP contribution is 2.20. The number of aliphatic carboxylic acids is 1. The van der Waals surface area contributed by atoms with Gasteiger partial charge in [0.15, 0.2) is 0 Å². The lowest BCUT2D eigenvalue weighted by atomic mass is 10.0. The first-order chi connectivity index (χ1) is 12.9. The number of nitrogens with one attached hydrogen (secondary N) is 1. The molecule has 1 aliphatic heterocycles. The molecular weight excluding hydrogens is 381 g/mol. The predicted molar refractivity (Wildman–Crippen MR) is 93.1 cm³/mol. The molecule has 1 aliphatic rings. The normalized spacial score (nSPS) is 17.2. The fourth-order valence-electron chi connectivity index (χ4n) is 2.58. The number of hydrogen-bond donors (Lipinski definition) is 4. The van der Waals surface area contributed by atoms with Gasteiger partial charge >= 0.3 is 12.1 Å². The van der Waals surface area contributed by atoms with E-state index in [1.165, 1.54) is 0 Å². The van der Waals surface area contributed by atoms with E-state index < -0.39 is 24.0 Å². The Morgan fingerprint density at radius 3 is 2.36 bits per heavy atom. The van der Waals surface area contributed by atoms with Crippen LogP contribution in [-0.2, 0) is 20.9 Å². The summed E-state index contributed by atoms with van der Waals surface area (Å²) < 4.78 is 31.7. The number of carbonyl (C=O) groups excluding carboxylic acids is 2. The van der Waals surface area contributed by atoms with E-state index in [4.69, 9.17) is 26.8 Å². The number of carboxylic acids is 1. The third-order valence-electron chi connectivity index (χ3n) is 3.98. The van der Waals surface area contributed by atoms with Crippen LogP contribution < -0.4 is 11.5 Å². The van der Waals surface area contributed by atoms with E-state index in [2.05, 4.69) is 0 Å². The molecule has 0 aliphatic carbocycles. The monoisotopic (exact) mass is 402 g/mol. The lowest BCUT2D eigenvalue weighted by Gasteiger charge is -2.23. The minimum atomic E-state index is -5.08. The van der Waals surface area contributed by atoms with Gasteiger partial charge in [0, 0.05) is 18.7 Å². The minimum Gasteiger partial charge on any atom is -0.475 e. The highest BCUT2D eigenvalue weighted by Gasteiger charge is 2.38. The average molecular weight is 402 g/mol. The zero-order valence-electron chi connectivity index (χ0n) is 14.8. The number of alkyl halides is 3. The summed E-state index contributed by atoms with van der Waals surface area (Å²) in [4.78, 5) is 34.3. The first-order valence-electron chi connectivity index (χ1n) is 8.25. The number of benzene rings is 1. The molecule has 0 aromatic heterocycles. The van der Waals surface area contributed by atoms with Gasteiger partial charge in [0.1, 0.15) is 11.8 Å². The van der Waals surface area contributed by atoms with Gasteiger partial charge in [-0.3, -0.25) is 15.0 Å². The molecule has 6 N–H and O–H groups in total. The molecule has 2 amide bonds. The van der Waals surface area contributed by atoms with Crippen LogP contribution in [-0.4, -0.2) is 46.3 Å². The number of carbonyl (C=O) groups is 3. The zero-order valence-corrected chi connectivity index (χ0v) is 14.8. The van der Waals surface area contributed by atoms with Gasteiger partial charge in [-0.25, -0.2) is 4.79 Å². The quantitative estimate of drug-likeness (QED) is 0.339. The number of amides is 2. The predicted octanol–water partition coefficient (Wildman–Crippen LogP) is 1.22. The fraction of sp³-hybridized carbons (Fsp3) is 0.412. The zero-order chi connectivity index (χ0) is 21.5. The Balaban J connectivity index is 0.000000480. The molecule has 154 valence electrons. The summed E-state index contributed by atoms with van der Waals surface area (Å²) in [6, 6.07) is 7.23. The first-order valence-corrected chi connectivity index (χ1v) is 8.25. The molecule has 28 heavy (non-hydrogen) atoms. The van der Waals surface area contributed by atoms with Crippen LogP contribution in [0.3, 0.4) is 0 Å². The smallest absolute Gasteiger partial charge is 0.475 e. The molecular formula is C17H21F3N4O4. The van der Waals surface area contributed by atoms with E-state index in [9.17, 15) is 22.8 Å². The van der Waals surface area contributed by atoms with Crippen molar-refractivity contribution in [2.24, 2.45) is 17.4 Å². The maximum absolute atomic E-state index is 12.4. The van der Waals surface area contributed by atoms with Crippen LogP contribution in [0.25, 0.3) is 0 Å². The van der Waals surface area contributed by atoms with Gasteiger partial charge in [-0.05, 0) is 24.5 Å². The molecule has 0 saturated carbocycles. The van der Waals surface area contributed by atoms with E-state index in [1.807, 2.05) is 6.07 Å². The van der Waals surface area contributed by atoms with E-state index in [0.29, 0.717) is 25.1 Å². The Morgan fingerprint density at radius 1 is 1.25 bits per heavy atom. The number of carboxylic acid groups (broad SMARTS) is 1. The van der Waals surface area contributed by atoms with Crippen LogP contribution in [0.5, 0.6) is 0 Å². The topological polar surface area (TPSA) is 151 Å². The summed E-state index contributed by atoms with van der Waals surface area (Å²) >= 11 is 0. The molecule has 2 rings (SSSR count). The molecule has 1 saturated heterocycles. The number of nitrogen functional groups attached to an aromatic ring is 1. The largest absolute Gasteiger partial charge is 0.490 e. The number of likely N-dealkylation sites (tertiary alicyclic amines) is 1. The number of hydrogen-bond acceptors (Lipinski definition) is 4. The van der Waals surface area contributed by atoms with Gasteiger partial charge in [-0.1, -0.05) is 24.6 Å². The maximum Gasteiger partial charge on any atom is 0.490 e. The second kappa shape index (κ2) is 9.72. The highest BCUT2D eigenvalue weighted by molar-refractivity contribution is 5.99. The van der Waals surface area contributed by atoms with E-state index in [0.717, 1.165) is 18.4 Å². The Hall–Kier alpha value is -3.11. The van der Waals surface area contributed by atoms with Crippen molar-refractivity contribution in [1.82, 2.24) is 4.90 Å². The van der Waals surface area contributed by atoms with Crippen molar-refractivity contribution in [3.63, 3.8) is 0 Å². The molecule has 0 bridgehead atoms. The van der Waals surface area contributed by atoms with Crippen molar-refractivity contribution in [3.8, 4) is 0 Å². The van der Waals surface area contributed by atoms with Crippen molar-refractivity contribution < 1.29 is 32.7 Å². The van der Waals surface area contributed by atoms with Gasteiger partial charge in [-0.15, -0.1) is 0 Å². The third kappa shape index (κ3) is 6.89. The molecule has 0 spiro atoms. The molecule has 1 heterocycles. The van der Waals surface area contributed by atoms with Crippen LogP contribution in [0.1, 0.15) is 30.4 Å². The van der Waals surface area contributed by atoms with Gasteiger partial charge < -0.3 is 21.5 Å². The molecule has 8 nitrogen and oxygen atoms in total. The number of nitrogens with zero attached hydrogens (tertiary/aromatic N) is 1. The summed E-state index contributed by atoms with van der Waals surface area (Å²) in [6.07, 6.45) is -2.87. The fourth-order valence-corrected chi connectivity index (χ4v) is 2.58. The van der Waals surface area contributed by atoms with Crippen LogP contribution in [0.2, 0.25) is 0 Å². The molecule has 1 aromatic carbocycles. The third-order valence-corrected chi connectivity index (χ3v) is 3.98. The molecule has 0 unspecified atom stereocenters. The lowest BCUT2D eigenvalue weighted by molar-refractivity contribution is -0.192. The van der Waals surface area contributed by atoms with E-state index >= 15 is 0 Å². The number of primary amides is 1. The van der Waals surface area contributed by atoms with Crippen molar-refractivity contribution in [2.45, 2.75) is 32.0 Å². The molecule has 1 atom stereocenters. The Morgan fingerprint density at radius 2 is 1.86 bits per heavy atom. The van der Waals surface area contributed by atoms with Crippen molar-refractivity contribution in [3.05, 3.63) is 35.4 Å². The van der Waals surface area contributed by atoms with Crippen LogP contribution >= 0.6 is 0 Å². The number of halogens is 3. The van der Waals surface area contributed by atoms with Gasteiger partial charge in [0.25, 0.3) is 0 Å². The summed E-state index contributed by atoms with van der Waals surface area (Å²) in [5, 5.41) is 14.6. The van der Waals surface area contributed by atoms with Gasteiger partial charge in [0.2, 0.25) is 11.8 Å². The Bertz CT molecular complexity index is 752. The first kappa shape index (κ1) is 22.9. The maximum atomic E-state index is 12.4. The summed E-state index contributed by atoms with van der Waals surface area (Å²) in [6.45, 7) is 1.02. The number of amidine groups is 1. The van der Waals surface area contributed by atoms with Crippen molar-refractivity contribution >= 4 is 23.6 Å². The SMILES string of the molecule is N=C(N)c1cccc(CN2CCCC[C@@H](C(N)=O)C2=O)c1.O=C(O)C(F)(F)F. The van der Waals surface area contributed by atoms with E-state index in [1.54, 1.807) is 23.1 Å². The average Bonchev–Trinajstić information content (AvgIpc) is 2.77. The molecule has 0 radical (unpaired) electrons. The highest BCUT2D eigenvalue weighted by atomic mass is 19.4. The number of nitrogens with two attached hydrogens (primary N) is 2. The van der Waals surface area contributed by atoms with Crippen LogP contribution in [0, 0.1) is 11.3 Å². The molecule has 11 heteroatoms. The van der Waals surface area contributed by atoms with E-state index in [-0.39, 0.29) is 11.7 Å². The molecule has 1 aromatic rings. The molecule has 1 fully saturated rings. The number of rotatable bonds is 4. The Labute approximate surface area is 158 Å². The summed E-state index contributed by atoms with van der Waals surface area (Å²) in [5.74, 6) is -4.23. The second-order valence-electron chi connectivity index (χ2n) is 6.13. The van der Waals surface area contributed by atoms with Gasteiger partial charge in [-0.2, -0.15) is 13.2 Å². The van der Waals surface area contributed by atoms with Crippen LogP contribution in [0.15, 0.2) is 24.3 Å². The summed E-state index contributed by atoms with van der Waals surface area (Å²) in [7, 11) is 0. The van der Waals surface area contributed by atoms with Crippen LogP contribution in [0.4, 0.5) is 13.2 Å². The van der Waals surface area contributed by atoms with Crippen molar-refractivity contribution in [1.29, 1.82) is 5.41 Å². The standard InChI is InChI=1S/C15H20N4O2.C2HF3O2/c16-13(17)11-5-3-4-10(8-11)9-19-7-2-1-6-12(14(18)20)15(19)21;3-2(4,5)1(6)7/h3-5,8,12H,1-2,6-7,9H2,(H3,16,17)(H2,18,20);(H,6,7)/t12-;/m0./s1. The lowest BCUT2D eigenvalue weighted by Crippen LogP contribution is -2.40. The van der Waals surface area contributed by atoms with Crippen molar-refractivity contribution in [2.75, 3.05) is 6.54 Å². The minimum absolute atomic E-state index is 0.00550. The second-order valence-corrected chi connectivity index (χ2v) is 6.13. The Kier molecular flexibility index (Phi) is 7.96.